The van der Waals surface area contributed by atoms with E-state index in [-0.39, 0.29) is 5.04 Å². The fourth-order valence-corrected chi connectivity index (χ4v) is 4.69. The van der Waals surface area contributed by atoms with Crippen molar-refractivity contribution >= 4 is 8.32 Å². The summed E-state index contributed by atoms with van der Waals surface area (Å²) in [6, 6.07) is 22.6. The zero-order valence-corrected chi connectivity index (χ0v) is 22.1. The quantitative estimate of drug-likeness (QED) is 0.243. The fraction of sp³-hybridized carbons (Fsp3) is 0.276. The van der Waals surface area contributed by atoms with Crippen LogP contribution in [-0.4, -0.2) is 13.5 Å². The molecule has 0 aliphatic carbocycles. The molecule has 1 aromatic heterocycles. The number of alkyl halides is 3. The third-order valence-electron chi connectivity index (χ3n) is 6.79. The third-order valence-corrected chi connectivity index (χ3v) is 11.2. The standard InChI is InChI=1S/C29H30F3NO2Si/c1-28(2,3)36(4,5)35-24-17-11-20(12-18-24)19-25-26(21-13-15-23(16-14-21)29(30,31)32)33-34-27(25)22-9-7-6-8-10-22/h6-18H,19H2,1-5H3. The minimum Gasteiger partial charge on any atom is -0.544 e. The molecule has 0 radical (unpaired) electrons. The zero-order chi connectivity index (χ0) is 26.1. The molecule has 4 rings (SSSR count). The normalized spacial score (nSPS) is 12.6. The van der Waals surface area contributed by atoms with Crippen LogP contribution in [0.4, 0.5) is 13.2 Å². The third kappa shape index (κ3) is 5.57. The van der Waals surface area contributed by atoms with Crippen LogP contribution in [0.5, 0.6) is 5.75 Å². The molecule has 0 amide bonds. The summed E-state index contributed by atoms with van der Waals surface area (Å²) in [7, 11) is -1.96. The van der Waals surface area contributed by atoms with Gasteiger partial charge in [-0.3, -0.25) is 0 Å². The van der Waals surface area contributed by atoms with E-state index in [0.717, 1.165) is 34.6 Å². The first kappa shape index (κ1) is 25.8. The molecule has 188 valence electrons. The van der Waals surface area contributed by atoms with Gasteiger partial charge in [0.05, 0.1) is 5.56 Å². The molecular weight excluding hydrogens is 479 g/mol. The number of benzene rings is 3. The van der Waals surface area contributed by atoms with Gasteiger partial charge in [-0.25, -0.2) is 0 Å². The van der Waals surface area contributed by atoms with Gasteiger partial charge in [-0.2, -0.15) is 13.2 Å². The molecule has 0 aliphatic heterocycles. The summed E-state index contributed by atoms with van der Waals surface area (Å²) in [6.07, 6.45) is -3.89. The van der Waals surface area contributed by atoms with Crippen LogP contribution in [0.25, 0.3) is 22.6 Å². The summed E-state index contributed by atoms with van der Waals surface area (Å²) in [5.41, 5.74) is 3.10. The summed E-state index contributed by atoms with van der Waals surface area (Å²) >= 11 is 0. The van der Waals surface area contributed by atoms with Crippen molar-refractivity contribution in [2.45, 2.75) is 51.5 Å². The van der Waals surface area contributed by atoms with Crippen molar-refractivity contribution < 1.29 is 22.1 Å². The van der Waals surface area contributed by atoms with E-state index in [9.17, 15) is 13.2 Å². The van der Waals surface area contributed by atoms with Crippen molar-refractivity contribution in [3.05, 3.63) is 95.6 Å². The predicted molar refractivity (Wildman–Crippen MR) is 139 cm³/mol. The minimum absolute atomic E-state index is 0.0925. The first-order chi connectivity index (χ1) is 16.8. The highest BCUT2D eigenvalue weighted by Crippen LogP contribution is 2.38. The Labute approximate surface area is 211 Å². The van der Waals surface area contributed by atoms with Crippen LogP contribution in [-0.2, 0) is 12.6 Å². The SMILES string of the molecule is CC(C)(C)[Si](C)(C)Oc1ccc(Cc2c(-c3ccc(C(F)(F)F)cc3)noc2-c2ccccc2)cc1. The van der Waals surface area contributed by atoms with Crippen molar-refractivity contribution in [1.29, 1.82) is 0 Å². The summed E-state index contributed by atoms with van der Waals surface area (Å²) in [6.45, 7) is 11.0. The molecule has 0 N–H and O–H groups in total. The highest BCUT2D eigenvalue weighted by Gasteiger charge is 2.39. The lowest BCUT2D eigenvalue weighted by Gasteiger charge is -2.36. The molecule has 0 atom stereocenters. The molecule has 7 heteroatoms. The van der Waals surface area contributed by atoms with Gasteiger partial charge in [-0.05, 0) is 48.0 Å². The summed E-state index contributed by atoms with van der Waals surface area (Å²) in [5, 5.41) is 4.36. The molecule has 0 saturated carbocycles. The number of hydrogen-bond donors (Lipinski definition) is 0. The Morgan fingerprint density at radius 1 is 0.806 bits per heavy atom. The second-order valence-corrected chi connectivity index (χ2v) is 15.2. The number of nitrogens with zero attached hydrogens (tertiary/aromatic N) is 1. The van der Waals surface area contributed by atoms with Crippen LogP contribution in [0.15, 0.2) is 83.4 Å². The van der Waals surface area contributed by atoms with E-state index in [0.29, 0.717) is 23.4 Å². The highest BCUT2D eigenvalue weighted by atomic mass is 28.4. The Kier molecular flexibility index (Phi) is 6.88. The van der Waals surface area contributed by atoms with E-state index in [4.69, 9.17) is 8.95 Å². The van der Waals surface area contributed by atoms with E-state index < -0.39 is 20.1 Å². The van der Waals surface area contributed by atoms with Gasteiger partial charge in [-0.15, -0.1) is 0 Å². The highest BCUT2D eigenvalue weighted by molar-refractivity contribution is 6.74. The maximum Gasteiger partial charge on any atom is 0.416 e. The molecule has 0 fully saturated rings. The fourth-order valence-electron chi connectivity index (χ4n) is 3.66. The van der Waals surface area contributed by atoms with Gasteiger partial charge < -0.3 is 8.95 Å². The zero-order valence-electron chi connectivity index (χ0n) is 21.1. The molecule has 36 heavy (non-hydrogen) atoms. The maximum atomic E-state index is 13.1. The molecule has 3 nitrogen and oxygen atoms in total. The van der Waals surface area contributed by atoms with Gasteiger partial charge in [-0.1, -0.05) is 80.5 Å². The van der Waals surface area contributed by atoms with Crippen molar-refractivity contribution in [3.8, 4) is 28.3 Å². The average Bonchev–Trinajstić information content (AvgIpc) is 3.23. The number of rotatable bonds is 6. The molecule has 0 aliphatic rings. The minimum atomic E-state index is -4.39. The van der Waals surface area contributed by atoms with E-state index in [2.05, 4.69) is 39.0 Å². The molecule has 0 bridgehead atoms. The summed E-state index contributed by atoms with van der Waals surface area (Å²) in [4.78, 5) is 0. The maximum absolute atomic E-state index is 13.1. The van der Waals surface area contributed by atoms with E-state index >= 15 is 0 Å². The van der Waals surface area contributed by atoms with Gasteiger partial charge >= 0.3 is 6.18 Å². The predicted octanol–water partition coefficient (Wildman–Crippen LogP) is 9.00. The molecule has 0 saturated heterocycles. The van der Waals surface area contributed by atoms with E-state index in [1.807, 2.05) is 54.6 Å². The van der Waals surface area contributed by atoms with Gasteiger partial charge in [0.15, 0.2) is 5.76 Å². The smallest absolute Gasteiger partial charge is 0.416 e. The monoisotopic (exact) mass is 509 g/mol. The lowest BCUT2D eigenvalue weighted by atomic mass is 9.96. The average molecular weight is 510 g/mol. The van der Waals surface area contributed by atoms with Crippen LogP contribution < -0.4 is 4.43 Å². The first-order valence-electron chi connectivity index (χ1n) is 11.8. The first-order valence-corrected chi connectivity index (χ1v) is 14.8. The van der Waals surface area contributed by atoms with Gasteiger partial charge in [0.2, 0.25) is 8.32 Å². The number of halogens is 3. The Bertz CT molecular complexity index is 1300. The van der Waals surface area contributed by atoms with Crippen LogP contribution in [0, 0.1) is 0 Å². The van der Waals surface area contributed by atoms with Crippen molar-refractivity contribution in [2.75, 3.05) is 0 Å². The Morgan fingerprint density at radius 2 is 1.42 bits per heavy atom. The largest absolute Gasteiger partial charge is 0.544 e. The van der Waals surface area contributed by atoms with Gasteiger partial charge in [0.1, 0.15) is 11.4 Å². The molecule has 0 spiro atoms. The van der Waals surface area contributed by atoms with Crippen molar-refractivity contribution in [2.24, 2.45) is 0 Å². The molecule has 3 aromatic carbocycles. The second-order valence-electron chi connectivity index (χ2n) is 10.5. The van der Waals surface area contributed by atoms with Crippen LogP contribution in [0.1, 0.15) is 37.5 Å². The van der Waals surface area contributed by atoms with Gasteiger partial charge in [0, 0.05) is 23.1 Å². The van der Waals surface area contributed by atoms with Crippen molar-refractivity contribution in [3.63, 3.8) is 0 Å². The lowest BCUT2D eigenvalue weighted by Crippen LogP contribution is -2.43. The van der Waals surface area contributed by atoms with Gasteiger partial charge in [0.25, 0.3) is 0 Å². The Hall–Kier alpha value is -3.32. The Balaban J connectivity index is 1.68. The van der Waals surface area contributed by atoms with Crippen LogP contribution >= 0.6 is 0 Å². The topological polar surface area (TPSA) is 35.3 Å². The van der Waals surface area contributed by atoms with Crippen molar-refractivity contribution in [1.82, 2.24) is 5.16 Å². The second kappa shape index (κ2) is 9.62. The Morgan fingerprint density at radius 3 is 1.97 bits per heavy atom. The molecular formula is C29H30F3NO2Si. The molecule has 4 aromatic rings. The lowest BCUT2D eigenvalue weighted by molar-refractivity contribution is -0.137. The van der Waals surface area contributed by atoms with Crippen LogP contribution in [0.3, 0.4) is 0 Å². The van der Waals surface area contributed by atoms with E-state index in [1.54, 1.807) is 0 Å². The molecule has 1 heterocycles. The molecule has 0 unspecified atom stereocenters. The number of hydrogen-bond acceptors (Lipinski definition) is 3. The summed E-state index contributed by atoms with van der Waals surface area (Å²) in [5.74, 6) is 1.44. The van der Waals surface area contributed by atoms with E-state index in [1.165, 1.54) is 12.1 Å². The van der Waals surface area contributed by atoms with Crippen LogP contribution in [0.2, 0.25) is 18.1 Å². The number of aromatic nitrogens is 1. The summed E-state index contributed by atoms with van der Waals surface area (Å²) < 4.78 is 51.4.